The Bertz CT molecular complexity index is 1200. The highest BCUT2D eigenvalue weighted by Crippen LogP contribution is 2.42. The van der Waals surface area contributed by atoms with E-state index in [-0.39, 0.29) is 16.7 Å². The van der Waals surface area contributed by atoms with E-state index in [1.54, 1.807) is 24.3 Å². The normalized spacial score (nSPS) is 25.2. The number of aliphatic hydroxyl groups is 4. The van der Waals surface area contributed by atoms with Gasteiger partial charge in [0.2, 0.25) is 12.0 Å². The van der Waals surface area contributed by atoms with Crippen molar-refractivity contribution in [1.82, 2.24) is 0 Å². The Morgan fingerprint density at radius 2 is 1.67 bits per heavy atom. The van der Waals surface area contributed by atoms with E-state index in [4.69, 9.17) is 18.6 Å². The molecule has 1 aliphatic heterocycles. The lowest BCUT2D eigenvalue weighted by atomic mass is 9.99. The van der Waals surface area contributed by atoms with Crippen molar-refractivity contribution in [3.63, 3.8) is 0 Å². The Morgan fingerprint density at radius 3 is 2.30 bits per heavy atom. The van der Waals surface area contributed by atoms with E-state index >= 15 is 0 Å². The van der Waals surface area contributed by atoms with E-state index < -0.39 is 60.0 Å². The summed E-state index contributed by atoms with van der Waals surface area (Å²) < 4.78 is 21.5. The van der Waals surface area contributed by atoms with Crippen LogP contribution in [0.1, 0.15) is 0 Å². The monoisotopic (exact) mass is 462 g/mol. The fourth-order valence-corrected chi connectivity index (χ4v) is 3.55. The van der Waals surface area contributed by atoms with Gasteiger partial charge < -0.3 is 49.3 Å². The van der Waals surface area contributed by atoms with Gasteiger partial charge in [0.15, 0.2) is 16.9 Å². The van der Waals surface area contributed by atoms with Crippen molar-refractivity contribution in [2.24, 2.45) is 0 Å². The van der Waals surface area contributed by atoms with Crippen LogP contribution in [0.5, 0.6) is 23.0 Å². The molecule has 0 spiro atoms. The topological polar surface area (TPSA) is 179 Å². The van der Waals surface area contributed by atoms with Crippen molar-refractivity contribution >= 4 is 11.0 Å². The van der Waals surface area contributed by atoms with Gasteiger partial charge in [0, 0.05) is 17.7 Å². The summed E-state index contributed by atoms with van der Waals surface area (Å²) in [6, 6.07) is 8.92. The Kier molecular flexibility index (Phi) is 6.15. The third kappa shape index (κ3) is 4.08. The molecule has 0 radical (unpaired) electrons. The number of phenolic OH excluding ortho intramolecular Hbond substituents is 2. The van der Waals surface area contributed by atoms with Crippen LogP contribution in [0.25, 0.3) is 22.3 Å². The first-order chi connectivity index (χ1) is 15.7. The van der Waals surface area contributed by atoms with E-state index in [0.29, 0.717) is 11.3 Å². The number of phenols is 2. The molecule has 4 rings (SSSR count). The molecule has 0 unspecified atom stereocenters. The number of rotatable bonds is 5. The molecule has 0 bridgehead atoms. The Hall–Kier alpha value is -3.35. The maximum atomic E-state index is 12.6. The summed E-state index contributed by atoms with van der Waals surface area (Å²) in [5.74, 6) is -1.32. The maximum Gasteiger partial charge on any atom is 0.229 e. The zero-order valence-electron chi connectivity index (χ0n) is 17.3. The lowest BCUT2D eigenvalue weighted by Gasteiger charge is -2.39. The van der Waals surface area contributed by atoms with Crippen LogP contribution in [-0.4, -0.2) is 75.1 Å². The third-order valence-corrected chi connectivity index (χ3v) is 5.40. The molecule has 2 heterocycles. The summed E-state index contributed by atoms with van der Waals surface area (Å²) in [6.07, 6.45) is -7.94. The predicted octanol–water partition coefficient (Wildman–Crippen LogP) is 0.0585. The fourth-order valence-electron chi connectivity index (χ4n) is 3.55. The molecule has 6 N–H and O–H groups in total. The van der Waals surface area contributed by atoms with Crippen LogP contribution in [-0.2, 0) is 4.74 Å². The Balaban J connectivity index is 1.75. The lowest BCUT2D eigenvalue weighted by Crippen LogP contribution is -2.60. The summed E-state index contributed by atoms with van der Waals surface area (Å²) in [5.41, 5.74) is -0.226. The molecule has 0 saturated carbocycles. The fraction of sp³-hybridized carbons (Fsp3) is 0.318. The van der Waals surface area contributed by atoms with Gasteiger partial charge >= 0.3 is 0 Å². The molecule has 33 heavy (non-hydrogen) atoms. The third-order valence-electron chi connectivity index (χ3n) is 5.40. The first-order valence-corrected chi connectivity index (χ1v) is 9.89. The summed E-state index contributed by atoms with van der Waals surface area (Å²) in [5, 5.41) is 59.7. The number of aromatic hydroxyl groups is 2. The molecular formula is C22H22O11. The molecule has 1 saturated heterocycles. The Morgan fingerprint density at radius 1 is 0.970 bits per heavy atom. The lowest BCUT2D eigenvalue weighted by molar-refractivity contribution is -0.277. The highest BCUT2D eigenvalue weighted by atomic mass is 16.7. The van der Waals surface area contributed by atoms with E-state index in [1.165, 1.54) is 7.11 Å². The number of hydrogen-bond acceptors (Lipinski definition) is 11. The number of fused-ring (bicyclic) bond motifs is 1. The zero-order chi connectivity index (χ0) is 23.9. The molecule has 1 aromatic heterocycles. The number of hydrogen-bond donors (Lipinski definition) is 6. The highest BCUT2D eigenvalue weighted by molar-refractivity contribution is 5.89. The zero-order valence-corrected chi connectivity index (χ0v) is 17.3. The van der Waals surface area contributed by atoms with Crippen LogP contribution in [0, 0.1) is 0 Å². The minimum absolute atomic E-state index is 0.136. The average Bonchev–Trinajstić information content (AvgIpc) is 2.82. The van der Waals surface area contributed by atoms with E-state index in [0.717, 1.165) is 12.1 Å². The second-order valence-electron chi connectivity index (χ2n) is 7.46. The largest absolute Gasteiger partial charge is 0.504 e. The maximum absolute atomic E-state index is 12.6. The van der Waals surface area contributed by atoms with Crippen LogP contribution < -0.4 is 14.9 Å². The summed E-state index contributed by atoms with van der Waals surface area (Å²) in [7, 11) is 1.51. The van der Waals surface area contributed by atoms with Crippen molar-refractivity contribution in [3.8, 4) is 34.3 Å². The van der Waals surface area contributed by atoms with Crippen molar-refractivity contribution in [1.29, 1.82) is 0 Å². The predicted molar refractivity (Wildman–Crippen MR) is 112 cm³/mol. The van der Waals surface area contributed by atoms with E-state index in [2.05, 4.69) is 0 Å². The molecule has 0 amide bonds. The summed E-state index contributed by atoms with van der Waals surface area (Å²) in [6.45, 7) is -0.681. The first-order valence-electron chi connectivity index (χ1n) is 9.89. The molecule has 2 aromatic carbocycles. The quantitative estimate of drug-likeness (QED) is 0.282. The summed E-state index contributed by atoms with van der Waals surface area (Å²) in [4.78, 5) is 12.6. The number of benzene rings is 2. The minimum atomic E-state index is -1.75. The van der Waals surface area contributed by atoms with Gasteiger partial charge in [-0.25, -0.2) is 0 Å². The number of methoxy groups -OCH3 is 1. The summed E-state index contributed by atoms with van der Waals surface area (Å²) >= 11 is 0. The van der Waals surface area contributed by atoms with Crippen LogP contribution in [0.4, 0.5) is 0 Å². The highest BCUT2D eigenvalue weighted by Gasteiger charge is 2.45. The van der Waals surface area contributed by atoms with Crippen LogP contribution in [0.3, 0.4) is 0 Å². The van der Waals surface area contributed by atoms with Gasteiger partial charge in [-0.15, -0.1) is 0 Å². The SMILES string of the molecule is COc1ccc(-c2cc(=O)c3c(O)c(O)c(O[C@@H]4O[C@H](CO)[C@@H](O)[C@H](O)[C@H]4O)cc3o2)cc1. The molecule has 0 aliphatic carbocycles. The second kappa shape index (κ2) is 8.89. The molecular weight excluding hydrogens is 440 g/mol. The average molecular weight is 462 g/mol. The smallest absolute Gasteiger partial charge is 0.229 e. The van der Waals surface area contributed by atoms with Crippen molar-refractivity contribution in [2.45, 2.75) is 30.7 Å². The van der Waals surface area contributed by atoms with Crippen LogP contribution in [0.2, 0.25) is 0 Å². The van der Waals surface area contributed by atoms with Crippen molar-refractivity contribution in [2.75, 3.05) is 13.7 Å². The molecule has 3 aromatic rings. The van der Waals surface area contributed by atoms with Gasteiger partial charge in [-0.1, -0.05) is 0 Å². The standard InChI is InChI=1S/C22H22O11/c1-30-10-4-2-9(3-5-10)12-6-11(24)16-13(31-12)7-14(17(25)19(16)27)32-22-21(29)20(28)18(26)15(8-23)33-22/h2-7,15,18,20-23,25-29H,8H2,1H3/t15-,18-,20+,21-,22-/m1/s1. The van der Waals surface area contributed by atoms with Gasteiger partial charge in [0.05, 0.1) is 13.7 Å². The molecule has 5 atom stereocenters. The number of ether oxygens (including phenoxy) is 3. The molecule has 11 nitrogen and oxygen atoms in total. The first kappa shape index (κ1) is 22.8. The van der Waals surface area contributed by atoms with E-state index in [1.807, 2.05) is 0 Å². The van der Waals surface area contributed by atoms with Gasteiger partial charge in [-0.2, -0.15) is 0 Å². The van der Waals surface area contributed by atoms with Crippen LogP contribution in [0.15, 0.2) is 45.6 Å². The molecule has 1 aliphatic rings. The van der Waals surface area contributed by atoms with Gasteiger partial charge in [0.25, 0.3) is 0 Å². The minimum Gasteiger partial charge on any atom is -0.504 e. The van der Waals surface area contributed by atoms with Gasteiger partial charge in [0.1, 0.15) is 46.9 Å². The van der Waals surface area contributed by atoms with Crippen molar-refractivity contribution < 1.29 is 49.3 Å². The van der Waals surface area contributed by atoms with E-state index in [9.17, 15) is 35.4 Å². The molecule has 11 heteroatoms. The van der Waals surface area contributed by atoms with Crippen molar-refractivity contribution in [3.05, 3.63) is 46.6 Å². The molecule has 176 valence electrons. The second-order valence-corrected chi connectivity index (χ2v) is 7.46. The number of aliphatic hydroxyl groups excluding tert-OH is 4. The van der Waals surface area contributed by atoms with Gasteiger partial charge in [-0.3, -0.25) is 4.79 Å². The van der Waals surface area contributed by atoms with Crippen LogP contribution >= 0.6 is 0 Å². The molecule has 1 fully saturated rings. The Labute approximate surface area is 186 Å². The van der Waals surface area contributed by atoms with Gasteiger partial charge in [-0.05, 0) is 24.3 Å².